The van der Waals surface area contributed by atoms with Crippen LogP contribution in [0.2, 0.25) is 5.02 Å². The molecule has 3 rings (SSSR count). The number of benzene rings is 1. The Morgan fingerprint density at radius 2 is 2.00 bits per heavy atom. The van der Waals surface area contributed by atoms with Crippen LogP contribution in [0.3, 0.4) is 0 Å². The molecule has 7 nitrogen and oxygen atoms in total. The predicted molar refractivity (Wildman–Crippen MR) is 101 cm³/mol. The lowest BCUT2D eigenvalue weighted by molar-refractivity contribution is 0.00983. The largest absolute Gasteiger partial charge is 0.356 e. The summed E-state index contributed by atoms with van der Waals surface area (Å²) in [4.78, 5) is 10.0. The third kappa shape index (κ3) is 4.86. The Labute approximate surface area is 169 Å². The molecule has 2 heterocycles. The summed E-state index contributed by atoms with van der Waals surface area (Å²) >= 11 is 6.02. The zero-order valence-corrected chi connectivity index (χ0v) is 16.4. The second kappa shape index (κ2) is 7.65. The number of alkyl halides is 2. The average Bonchev–Trinajstić information content (AvgIpc) is 3.07. The van der Waals surface area contributed by atoms with Crippen molar-refractivity contribution in [1.82, 2.24) is 15.0 Å². The minimum atomic E-state index is -4.54. The SMILES string of the molecule is CC(F)(F)c1[nH]c(C(Nc2ccc(F)cn2)c2cccc(Cl)c2)nc1S(N)(=O)=O. The maximum atomic E-state index is 14.0. The number of halogens is 4. The van der Waals surface area contributed by atoms with Crippen molar-refractivity contribution in [3.8, 4) is 0 Å². The van der Waals surface area contributed by atoms with Crippen molar-refractivity contribution < 1.29 is 21.6 Å². The summed E-state index contributed by atoms with van der Waals surface area (Å²) in [5.41, 5.74) is -0.486. The highest BCUT2D eigenvalue weighted by molar-refractivity contribution is 7.89. The molecule has 0 aliphatic heterocycles. The maximum absolute atomic E-state index is 14.0. The van der Waals surface area contributed by atoms with Crippen molar-refractivity contribution in [1.29, 1.82) is 0 Å². The molecule has 4 N–H and O–H groups in total. The first-order valence-electron chi connectivity index (χ1n) is 8.09. The van der Waals surface area contributed by atoms with Crippen molar-refractivity contribution in [2.75, 3.05) is 5.32 Å². The average molecular weight is 446 g/mol. The minimum absolute atomic E-state index is 0.168. The predicted octanol–water partition coefficient (Wildman–Crippen LogP) is 3.56. The van der Waals surface area contributed by atoms with Crippen molar-refractivity contribution in [2.45, 2.75) is 23.9 Å². The van der Waals surface area contributed by atoms with E-state index < -0.39 is 38.5 Å². The van der Waals surface area contributed by atoms with Crippen LogP contribution in [0.4, 0.5) is 19.0 Å². The standard InChI is InChI=1S/C17H15ClF3N5O2S/c1-17(20,21)14-16(29(22,27)28)26-15(25-14)13(9-3-2-4-10(18)7-9)24-12-6-5-11(19)8-23-12/h2-8,13H,1H3,(H,23,24)(H,25,26)(H2,22,27,28). The van der Waals surface area contributed by atoms with Crippen LogP contribution in [0.5, 0.6) is 0 Å². The zero-order valence-electron chi connectivity index (χ0n) is 14.8. The third-order valence-electron chi connectivity index (χ3n) is 3.87. The number of nitrogens with zero attached hydrogens (tertiary/aromatic N) is 2. The van der Waals surface area contributed by atoms with Gasteiger partial charge >= 0.3 is 0 Å². The highest BCUT2D eigenvalue weighted by Crippen LogP contribution is 2.34. The number of hydrogen-bond donors (Lipinski definition) is 3. The molecule has 0 aliphatic carbocycles. The number of nitrogens with one attached hydrogen (secondary N) is 2. The van der Waals surface area contributed by atoms with Gasteiger partial charge in [0.05, 0.1) is 6.20 Å². The van der Waals surface area contributed by atoms with Gasteiger partial charge in [0, 0.05) is 11.9 Å². The number of aromatic nitrogens is 3. The molecule has 2 aromatic heterocycles. The molecular formula is C17H15ClF3N5O2S. The van der Waals surface area contributed by atoms with Gasteiger partial charge in [-0.3, -0.25) is 0 Å². The van der Waals surface area contributed by atoms with E-state index in [2.05, 4.69) is 20.3 Å². The molecule has 1 atom stereocenters. The van der Waals surface area contributed by atoms with E-state index in [9.17, 15) is 21.6 Å². The summed E-state index contributed by atoms with van der Waals surface area (Å²) in [6, 6.07) is 7.87. The Morgan fingerprint density at radius 3 is 2.52 bits per heavy atom. The number of primary sulfonamides is 1. The summed E-state index contributed by atoms with van der Waals surface area (Å²) in [5, 5.41) is 7.34. The monoisotopic (exact) mass is 445 g/mol. The van der Waals surface area contributed by atoms with Gasteiger partial charge in [-0.2, -0.15) is 8.78 Å². The van der Waals surface area contributed by atoms with Crippen molar-refractivity contribution in [3.63, 3.8) is 0 Å². The maximum Gasteiger partial charge on any atom is 0.287 e. The highest BCUT2D eigenvalue weighted by atomic mass is 35.5. The van der Waals surface area contributed by atoms with Crippen LogP contribution in [0.25, 0.3) is 0 Å². The molecule has 3 aromatic rings. The van der Waals surface area contributed by atoms with Gasteiger partial charge in [0.15, 0.2) is 5.03 Å². The number of hydrogen-bond acceptors (Lipinski definition) is 5. The number of anilines is 1. The molecule has 0 aliphatic rings. The first-order chi connectivity index (χ1) is 13.4. The van der Waals surface area contributed by atoms with Crippen LogP contribution in [-0.2, 0) is 15.9 Å². The summed E-state index contributed by atoms with van der Waals surface area (Å²) in [5.74, 6) is -4.11. The number of rotatable bonds is 6. The first-order valence-corrected chi connectivity index (χ1v) is 10.0. The van der Waals surface area contributed by atoms with E-state index >= 15 is 0 Å². The molecule has 0 spiro atoms. The van der Waals surface area contributed by atoms with Crippen LogP contribution in [0, 0.1) is 5.82 Å². The molecule has 0 saturated heterocycles. The smallest absolute Gasteiger partial charge is 0.287 e. The van der Waals surface area contributed by atoms with E-state index in [1.54, 1.807) is 18.2 Å². The van der Waals surface area contributed by atoms with Gasteiger partial charge in [0.25, 0.3) is 15.9 Å². The Hall–Kier alpha value is -2.63. The van der Waals surface area contributed by atoms with E-state index in [4.69, 9.17) is 16.7 Å². The molecular weight excluding hydrogens is 431 g/mol. The number of sulfonamides is 1. The van der Waals surface area contributed by atoms with E-state index in [1.807, 2.05) is 0 Å². The lowest BCUT2D eigenvalue weighted by Gasteiger charge is -2.18. The molecule has 0 saturated carbocycles. The second-order valence-electron chi connectivity index (χ2n) is 6.23. The van der Waals surface area contributed by atoms with Gasteiger partial charge < -0.3 is 10.3 Å². The highest BCUT2D eigenvalue weighted by Gasteiger charge is 2.37. The number of nitrogens with two attached hydrogens (primary N) is 1. The fraction of sp³-hybridized carbons (Fsp3) is 0.176. The van der Waals surface area contributed by atoms with Crippen molar-refractivity contribution in [2.24, 2.45) is 5.14 Å². The molecule has 0 fully saturated rings. The molecule has 0 amide bonds. The molecule has 154 valence electrons. The minimum Gasteiger partial charge on any atom is -0.356 e. The molecule has 0 radical (unpaired) electrons. The number of H-pyrrole nitrogens is 1. The van der Waals surface area contributed by atoms with E-state index in [0.29, 0.717) is 17.5 Å². The quantitative estimate of drug-likeness (QED) is 0.537. The summed E-state index contributed by atoms with van der Waals surface area (Å²) in [6.07, 6.45) is 0.959. The molecule has 1 unspecified atom stereocenters. The Morgan fingerprint density at radius 1 is 1.28 bits per heavy atom. The number of pyridine rings is 1. The Balaban J connectivity index is 2.16. The second-order valence-corrected chi connectivity index (χ2v) is 8.14. The molecule has 0 bridgehead atoms. The topological polar surface area (TPSA) is 114 Å². The van der Waals surface area contributed by atoms with E-state index in [0.717, 1.165) is 12.3 Å². The van der Waals surface area contributed by atoms with Gasteiger partial charge in [-0.15, -0.1) is 0 Å². The van der Waals surface area contributed by atoms with Crippen molar-refractivity contribution in [3.05, 3.63) is 70.5 Å². The molecule has 1 aromatic carbocycles. The fourth-order valence-corrected chi connectivity index (χ4v) is 3.56. The lowest BCUT2D eigenvalue weighted by atomic mass is 10.1. The normalized spacial score (nSPS) is 13.3. The van der Waals surface area contributed by atoms with Gasteiger partial charge in [-0.05, 0) is 29.8 Å². The Bertz CT molecular complexity index is 1130. The fourth-order valence-electron chi connectivity index (χ4n) is 2.62. The number of imidazole rings is 1. The van der Waals surface area contributed by atoms with Crippen molar-refractivity contribution >= 4 is 27.4 Å². The molecule has 12 heteroatoms. The van der Waals surface area contributed by atoms with Crippen LogP contribution in [-0.4, -0.2) is 23.4 Å². The van der Waals surface area contributed by atoms with Crippen LogP contribution in [0.1, 0.15) is 30.0 Å². The number of aromatic amines is 1. The van der Waals surface area contributed by atoms with Gasteiger partial charge in [0.1, 0.15) is 29.2 Å². The Kier molecular flexibility index (Phi) is 5.57. The van der Waals surface area contributed by atoms with Crippen LogP contribution in [0.15, 0.2) is 47.6 Å². The summed E-state index contributed by atoms with van der Waals surface area (Å²) in [7, 11) is -4.54. The molecule has 29 heavy (non-hydrogen) atoms. The third-order valence-corrected chi connectivity index (χ3v) is 4.94. The zero-order chi connectivity index (χ0) is 21.4. The van der Waals surface area contributed by atoms with Gasteiger partial charge in [-0.25, -0.2) is 27.9 Å². The van der Waals surface area contributed by atoms with E-state index in [-0.39, 0.29) is 11.6 Å². The summed E-state index contributed by atoms with van der Waals surface area (Å²) < 4.78 is 64.7. The van der Waals surface area contributed by atoms with Crippen LogP contribution >= 0.6 is 11.6 Å². The summed E-state index contributed by atoms with van der Waals surface area (Å²) in [6.45, 7) is 0.516. The van der Waals surface area contributed by atoms with E-state index in [1.165, 1.54) is 12.1 Å². The van der Waals surface area contributed by atoms with Gasteiger partial charge in [0.2, 0.25) is 0 Å². The lowest BCUT2D eigenvalue weighted by Crippen LogP contribution is -2.19. The van der Waals surface area contributed by atoms with Crippen LogP contribution < -0.4 is 10.5 Å². The van der Waals surface area contributed by atoms with Gasteiger partial charge in [-0.1, -0.05) is 23.7 Å². The first kappa shape index (κ1) is 21.1.